The average Bonchev–Trinajstić information content (AvgIpc) is 2.85. The number of rotatable bonds is 6. The molecule has 5 nitrogen and oxygen atoms in total. The second kappa shape index (κ2) is 9.76. The van der Waals surface area contributed by atoms with Crippen LogP contribution in [0.3, 0.4) is 0 Å². The first-order valence-electron chi connectivity index (χ1n) is 12.1. The van der Waals surface area contributed by atoms with Crippen molar-refractivity contribution in [2.75, 3.05) is 10.6 Å². The van der Waals surface area contributed by atoms with E-state index in [1.54, 1.807) is 12.4 Å². The van der Waals surface area contributed by atoms with Crippen LogP contribution in [-0.2, 0) is 11.0 Å². The summed E-state index contributed by atoms with van der Waals surface area (Å²) in [4.78, 5) is 20.9. The van der Waals surface area contributed by atoms with Crippen molar-refractivity contribution < 1.29 is 18.0 Å². The van der Waals surface area contributed by atoms with Crippen LogP contribution in [0.2, 0.25) is 0 Å². The Labute approximate surface area is 207 Å². The fraction of sp³-hybridized carbons (Fsp3) is 0.321. The minimum Gasteiger partial charge on any atom is -0.340 e. The first-order chi connectivity index (χ1) is 17.3. The molecule has 0 radical (unpaired) electrons. The molecule has 36 heavy (non-hydrogen) atoms. The summed E-state index contributed by atoms with van der Waals surface area (Å²) in [5, 5.41) is 6.12. The number of carbonyl (C=O) groups excluding carboxylic acids is 1. The topological polar surface area (TPSA) is 66.9 Å². The Morgan fingerprint density at radius 2 is 1.81 bits per heavy atom. The lowest BCUT2D eigenvalue weighted by Crippen LogP contribution is -2.48. The molecule has 2 bridgehead atoms. The Bertz CT molecular complexity index is 1260. The van der Waals surface area contributed by atoms with Gasteiger partial charge in [-0.2, -0.15) is 13.2 Å². The van der Waals surface area contributed by atoms with Crippen LogP contribution >= 0.6 is 0 Å². The minimum absolute atomic E-state index is 0.0332. The average molecular weight is 493 g/mol. The van der Waals surface area contributed by atoms with Gasteiger partial charge in [0.1, 0.15) is 5.82 Å². The predicted octanol–water partition coefficient (Wildman–Crippen LogP) is 7.09. The van der Waals surface area contributed by atoms with E-state index in [2.05, 4.69) is 33.6 Å². The Kier molecular flexibility index (Phi) is 6.51. The number of pyridine rings is 2. The van der Waals surface area contributed by atoms with Gasteiger partial charge in [0.05, 0.1) is 17.4 Å². The zero-order valence-corrected chi connectivity index (χ0v) is 19.8. The number of fused-ring (bicyclic) bond motifs is 2. The Balaban J connectivity index is 1.29. The fourth-order valence-electron chi connectivity index (χ4n) is 5.57. The highest BCUT2D eigenvalue weighted by molar-refractivity contribution is 5.93. The van der Waals surface area contributed by atoms with Crippen molar-refractivity contribution in [3.05, 3.63) is 83.8 Å². The lowest BCUT2D eigenvalue weighted by Gasteiger charge is -2.50. The van der Waals surface area contributed by atoms with E-state index in [0.29, 0.717) is 17.7 Å². The summed E-state index contributed by atoms with van der Waals surface area (Å²) in [5.74, 6) is 1.15. The molecule has 0 spiro atoms. The quantitative estimate of drug-likeness (QED) is 0.386. The Morgan fingerprint density at radius 1 is 1.03 bits per heavy atom. The lowest BCUT2D eigenvalue weighted by atomic mass is 9.55. The first-order valence-corrected chi connectivity index (χ1v) is 12.1. The van der Waals surface area contributed by atoms with E-state index in [-0.39, 0.29) is 11.8 Å². The summed E-state index contributed by atoms with van der Waals surface area (Å²) < 4.78 is 38.4. The van der Waals surface area contributed by atoms with E-state index < -0.39 is 11.7 Å². The number of anilines is 3. The SMILES string of the molecule is CCC(=C1CC2CC(C1)C2C(=O)Nc1cccnc1)c1cccc(Nc2ccc(C(F)(F)F)cn2)c1. The molecule has 0 saturated heterocycles. The molecule has 3 saturated carbocycles. The largest absolute Gasteiger partial charge is 0.417 e. The number of amides is 1. The van der Waals surface area contributed by atoms with Crippen LogP contribution in [0.5, 0.6) is 0 Å². The van der Waals surface area contributed by atoms with Crippen LogP contribution in [-0.4, -0.2) is 15.9 Å². The first kappa shape index (κ1) is 24.0. The molecule has 3 aliphatic carbocycles. The van der Waals surface area contributed by atoms with Crippen LogP contribution in [0, 0.1) is 17.8 Å². The molecule has 1 amide bonds. The van der Waals surface area contributed by atoms with Gasteiger partial charge in [-0.05, 0) is 85.1 Å². The van der Waals surface area contributed by atoms with Gasteiger partial charge in [-0.25, -0.2) is 4.98 Å². The van der Waals surface area contributed by atoms with Crippen LogP contribution < -0.4 is 10.6 Å². The summed E-state index contributed by atoms with van der Waals surface area (Å²) >= 11 is 0. The molecule has 2 N–H and O–H groups in total. The summed E-state index contributed by atoms with van der Waals surface area (Å²) in [5.41, 5.74) is 4.48. The lowest BCUT2D eigenvalue weighted by molar-refractivity contribution is -0.137. The van der Waals surface area contributed by atoms with E-state index in [0.717, 1.165) is 54.9 Å². The number of halogens is 3. The molecule has 186 valence electrons. The van der Waals surface area contributed by atoms with E-state index >= 15 is 0 Å². The van der Waals surface area contributed by atoms with Crippen LogP contribution in [0.15, 0.2) is 72.7 Å². The monoisotopic (exact) mass is 492 g/mol. The van der Waals surface area contributed by atoms with Gasteiger partial charge < -0.3 is 10.6 Å². The highest BCUT2D eigenvalue weighted by Crippen LogP contribution is 2.54. The maximum absolute atomic E-state index is 12.9. The standard InChI is InChI=1S/C28H27F3N4O/c1-2-24(17-5-3-6-22(14-17)34-25-9-8-21(15-33-25)28(29,30)31)18-11-19-13-20(12-18)26(19)27(36)35-23-7-4-10-32-16-23/h3-10,14-16,19-20,26H,2,11-13H2,1H3,(H,33,34)(H,35,36). The van der Waals surface area contributed by atoms with E-state index in [9.17, 15) is 18.0 Å². The molecule has 8 heteroatoms. The zero-order chi connectivity index (χ0) is 25.3. The molecule has 0 aliphatic heterocycles. The number of carbonyl (C=O) groups is 1. The molecule has 2 aromatic heterocycles. The fourth-order valence-corrected chi connectivity index (χ4v) is 5.57. The zero-order valence-electron chi connectivity index (χ0n) is 19.8. The highest BCUT2D eigenvalue weighted by atomic mass is 19.4. The van der Waals surface area contributed by atoms with Crippen molar-refractivity contribution in [1.29, 1.82) is 0 Å². The smallest absolute Gasteiger partial charge is 0.340 e. The predicted molar refractivity (Wildman–Crippen MR) is 133 cm³/mol. The molecule has 2 heterocycles. The third-order valence-electron chi connectivity index (χ3n) is 7.22. The summed E-state index contributed by atoms with van der Waals surface area (Å²) in [6.07, 6.45) is 3.52. The van der Waals surface area contributed by atoms with Gasteiger partial charge in [0.2, 0.25) is 5.91 Å². The summed E-state index contributed by atoms with van der Waals surface area (Å²) in [7, 11) is 0. The molecule has 1 aromatic carbocycles. The second-order valence-electron chi connectivity index (χ2n) is 9.49. The summed E-state index contributed by atoms with van der Waals surface area (Å²) in [6, 6.07) is 13.9. The molecular weight excluding hydrogens is 465 g/mol. The number of hydrogen-bond donors (Lipinski definition) is 2. The number of nitrogens with one attached hydrogen (secondary N) is 2. The number of aromatic nitrogens is 2. The Morgan fingerprint density at radius 3 is 2.44 bits per heavy atom. The number of allylic oxidation sites excluding steroid dienone is 2. The van der Waals surface area contributed by atoms with Crippen molar-refractivity contribution in [3.63, 3.8) is 0 Å². The number of hydrogen-bond acceptors (Lipinski definition) is 4. The number of nitrogens with zero attached hydrogens (tertiary/aromatic N) is 2. The van der Waals surface area contributed by atoms with Gasteiger partial charge in [0, 0.05) is 24.0 Å². The van der Waals surface area contributed by atoms with Crippen molar-refractivity contribution in [1.82, 2.24) is 9.97 Å². The molecule has 3 fully saturated rings. The van der Waals surface area contributed by atoms with E-state index in [4.69, 9.17) is 0 Å². The van der Waals surface area contributed by atoms with Gasteiger partial charge in [0.25, 0.3) is 0 Å². The van der Waals surface area contributed by atoms with Crippen molar-refractivity contribution >= 4 is 28.7 Å². The molecule has 3 aromatic rings. The number of alkyl halides is 3. The van der Waals surface area contributed by atoms with Gasteiger partial charge in [-0.1, -0.05) is 24.6 Å². The molecule has 6 rings (SSSR count). The van der Waals surface area contributed by atoms with Crippen LogP contribution in [0.4, 0.5) is 30.4 Å². The van der Waals surface area contributed by atoms with Crippen molar-refractivity contribution in [2.24, 2.45) is 17.8 Å². The third-order valence-corrected chi connectivity index (χ3v) is 7.22. The third kappa shape index (κ3) is 4.98. The second-order valence-corrected chi connectivity index (χ2v) is 9.49. The van der Waals surface area contributed by atoms with E-state index in [1.807, 2.05) is 30.3 Å². The number of benzene rings is 1. The Hall–Kier alpha value is -3.68. The van der Waals surface area contributed by atoms with Crippen LogP contribution in [0.1, 0.15) is 43.7 Å². The molecule has 3 aliphatic rings. The van der Waals surface area contributed by atoms with Gasteiger partial charge in [-0.15, -0.1) is 0 Å². The normalized spacial score (nSPS) is 20.9. The molecule has 2 atom stereocenters. The maximum atomic E-state index is 12.9. The highest BCUT2D eigenvalue weighted by Gasteiger charge is 2.49. The van der Waals surface area contributed by atoms with Crippen molar-refractivity contribution in [3.8, 4) is 0 Å². The maximum Gasteiger partial charge on any atom is 0.417 e. The van der Waals surface area contributed by atoms with Gasteiger partial charge in [0.15, 0.2) is 0 Å². The van der Waals surface area contributed by atoms with Gasteiger partial charge >= 0.3 is 6.18 Å². The van der Waals surface area contributed by atoms with Crippen molar-refractivity contribution in [2.45, 2.75) is 38.8 Å². The minimum atomic E-state index is -4.41. The van der Waals surface area contributed by atoms with E-state index in [1.165, 1.54) is 17.2 Å². The molecule has 2 unspecified atom stereocenters. The summed E-state index contributed by atoms with van der Waals surface area (Å²) in [6.45, 7) is 2.13. The van der Waals surface area contributed by atoms with Crippen LogP contribution in [0.25, 0.3) is 5.57 Å². The molecular formula is C28H27F3N4O. The van der Waals surface area contributed by atoms with Gasteiger partial charge in [-0.3, -0.25) is 9.78 Å².